The van der Waals surface area contributed by atoms with Crippen molar-refractivity contribution < 1.29 is 4.74 Å². The summed E-state index contributed by atoms with van der Waals surface area (Å²) in [7, 11) is 1.63. The molecule has 0 amide bonds. The van der Waals surface area contributed by atoms with Crippen molar-refractivity contribution in [3.63, 3.8) is 0 Å². The predicted molar refractivity (Wildman–Crippen MR) is 70.4 cm³/mol. The number of methoxy groups -OCH3 is 1. The number of nitrogens with two attached hydrogens (primary N) is 1. The van der Waals surface area contributed by atoms with Gasteiger partial charge in [0.25, 0.3) is 0 Å². The van der Waals surface area contributed by atoms with Crippen LogP contribution in [0.5, 0.6) is 5.88 Å². The quantitative estimate of drug-likeness (QED) is 0.854. The first-order valence-electron chi connectivity index (χ1n) is 6.20. The number of piperidine rings is 1. The second-order valence-corrected chi connectivity index (χ2v) is 4.82. The van der Waals surface area contributed by atoms with Crippen LogP contribution in [0.3, 0.4) is 0 Å². The highest BCUT2D eigenvalue weighted by Gasteiger charge is 2.27. The largest absolute Gasteiger partial charge is 0.481 e. The lowest BCUT2D eigenvalue weighted by Crippen LogP contribution is -2.43. The van der Waals surface area contributed by atoms with Crippen molar-refractivity contribution in [3.05, 3.63) is 12.1 Å². The molecule has 2 heterocycles. The summed E-state index contributed by atoms with van der Waals surface area (Å²) in [6.45, 7) is 5.55. The Morgan fingerprint density at radius 2 is 2.18 bits per heavy atom. The molecule has 1 aliphatic heterocycles. The summed E-state index contributed by atoms with van der Waals surface area (Å²) in [6, 6.07) is 4.15. The van der Waals surface area contributed by atoms with Gasteiger partial charge >= 0.3 is 0 Å². The number of aromatic nitrogens is 1. The number of ether oxygens (including phenoxy) is 1. The fourth-order valence-electron chi connectivity index (χ4n) is 2.42. The van der Waals surface area contributed by atoms with Crippen molar-refractivity contribution in [1.29, 1.82) is 0 Å². The van der Waals surface area contributed by atoms with E-state index in [4.69, 9.17) is 10.5 Å². The zero-order valence-corrected chi connectivity index (χ0v) is 10.8. The van der Waals surface area contributed by atoms with Crippen molar-refractivity contribution in [2.75, 3.05) is 24.3 Å². The Balaban J connectivity index is 2.31. The molecular weight excluding hydrogens is 214 g/mol. The molecule has 0 bridgehead atoms. The monoisotopic (exact) mass is 235 g/mol. The summed E-state index contributed by atoms with van der Waals surface area (Å²) in [6.07, 6.45) is 2.48. The first-order valence-corrected chi connectivity index (χ1v) is 6.20. The maximum Gasteiger partial charge on any atom is 0.215 e. The Labute approximate surface area is 103 Å². The van der Waals surface area contributed by atoms with E-state index >= 15 is 0 Å². The number of nitrogens with zero attached hydrogens (tertiary/aromatic N) is 2. The van der Waals surface area contributed by atoms with E-state index in [0.717, 1.165) is 18.1 Å². The molecule has 1 saturated heterocycles. The van der Waals surface area contributed by atoms with E-state index in [2.05, 4.69) is 23.7 Å². The fourth-order valence-corrected chi connectivity index (χ4v) is 2.42. The first-order chi connectivity index (χ1) is 8.13. The minimum Gasteiger partial charge on any atom is -0.481 e. The minimum atomic E-state index is 0.477. The van der Waals surface area contributed by atoms with Gasteiger partial charge in [0.2, 0.25) is 5.88 Å². The van der Waals surface area contributed by atoms with Crippen molar-refractivity contribution in [1.82, 2.24) is 4.98 Å². The SMILES string of the molecule is COc1ccc(N)c(N2CCCC(C)C2C)n1. The molecule has 2 atom stereocenters. The molecule has 1 aromatic rings. The highest BCUT2D eigenvalue weighted by molar-refractivity contribution is 5.64. The standard InChI is InChI=1S/C13H21N3O/c1-9-5-4-8-16(10(9)2)13-11(14)6-7-12(15-13)17-3/h6-7,9-10H,4-5,8,14H2,1-3H3. The molecule has 1 fully saturated rings. The van der Waals surface area contributed by atoms with Crippen LogP contribution in [0.15, 0.2) is 12.1 Å². The molecule has 94 valence electrons. The van der Waals surface area contributed by atoms with Gasteiger partial charge in [0, 0.05) is 18.7 Å². The van der Waals surface area contributed by atoms with Crippen LogP contribution in [-0.4, -0.2) is 24.7 Å². The smallest absolute Gasteiger partial charge is 0.215 e. The van der Waals surface area contributed by atoms with Crippen molar-refractivity contribution in [2.24, 2.45) is 5.92 Å². The lowest BCUT2D eigenvalue weighted by atomic mass is 9.92. The maximum absolute atomic E-state index is 6.02. The number of hydrogen-bond acceptors (Lipinski definition) is 4. The van der Waals surface area contributed by atoms with Crippen molar-refractivity contribution in [2.45, 2.75) is 32.7 Å². The molecule has 0 aliphatic carbocycles. The molecule has 4 nitrogen and oxygen atoms in total. The number of rotatable bonds is 2. The van der Waals surface area contributed by atoms with Gasteiger partial charge in [-0.05, 0) is 31.7 Å². The summed E-state index contributed by atoms with van der Waals surface area (Å²) < 4.78 is 5.17. The average molecular weight is 235 g/mol. The predicted octanol–water partition coefficient (Wildman–Crippen LogP) is 2.30. The van der Waals surface area contributed by atoms with Gasteiger partial charge in [0.15, 0.2) is 5.82 Å². The minimum absolute atomic E-state index is 0.477. The Morgan fingerprint density at radius 1 is 1.41 bits per heavy atom. The van der Waals surface area contributed by atoms with Crippen LogP contribution in [0.2, 0.25) is 0 Å². The normalized spacial score (nSPS) is 24.8. The van der Waals surface area contributed by atoms with Gasteiger partial charge in [0.05, 0.1) is 12.8 Å². The highest BCUT2D eigenvalue weighted by atomic mass is 16.5. The van der Waals surface area contributed by atoms with Crippen LogP contribution in [0.1, 0.15) is 26.7 Å². The molecule has 1 aromatic heterocycles. The van der Waals surface area contributed by atoms with Gasteiger partial charge in [-0.15, -0.1) is 0 Å². The third-order valence-electron chi connectivity index (χ3n) is 3.73. The zero-order chi connectivity index (χ0) is 12.4. The lowest BCUT2D eigenvalue weighted by molar-refractivity contribution is 0.358. The van der Waals surface area contributed by atoms with E-state index in [1.807, 2.05) is 6.07 Å². The third-order valence-corrected chi connectivity index (χ3v) is 3.73. The van der Waals surface area contributed by atoms with E-state index in [0.29, 0.717) is 17.8 Å². The van der Waals surface area contributed by atoms with E-state index in [9.17, 15) is 0 Å². The van der Waals surface area contributed by atoms with E-state index in [1.54, 1.807) is 13.2 Å². The second kappa shape index (κ2) is 4.82. The molecule has 2 unspecified atom stereocenters. The summed E-state index contributed by atoms with van der Waals surface area (Å²) in [5.41, 5.74) is 6.75. The van der Waals surface area contributed by atoms with Crippen LogP contribution in [0.25, 0.3) is 0 Å². The fraction of sp³-hybridized carbons (Fsp3) is 0.615. The molecule has 1 aliphatic rings. The van der Waals surface area contributed by atoms with E-state index < -0.39 is 0 Å². The van der Waals surface area contributed by atoms with Gasteiger partial charge in [0.1, 0.15) is 0 Å². The third kappa shape index (κ3) is 2.30. The van der Waals surface area contributed by atoms with Crippen LogP contribution in [0, 0.1) is 5.92 Å². The van der Waals surface area contributed by atoms with Crippen LogP contribution in [-0.2, 0) is 0 Å². The van der Waals surface area contributed by atoms with Crippen LogP contribution in [0.4, 0.5) is 11.5 Å². The molecule has 2 N–H and O–H groups in total. The second-order valence-electron chi connectivity index (χ2n) is 4.82. The topological polar surface area (TPSA) is 51.4 Å². The molecular formula is C13H21N3O. The van der Waals surface area contributed by atoms with Crippen LogP contribution < -0.4 is 15.4 Å². The Hall–Kier alpha value is -1.45. The molecule has 0 spiro atoms. The summed E-state index contributed by atoms with van der Waals surface area (Å²) in [4.78, 5) is 6.78. The Morgan fingerprint density at radius 3 is 2.88 bits per heavy atom. The number of nitrogen functional groups attached to an aromatic ring is 1. The van der Waals surface area contributed by atoms with Gasteiger partial charge in [-0.3, -0.25) is 0 Å². The van der Waals surface area contributed by atoms with Crippen molar-refractivity contribution in [3.8, 4) is 5.88 Å². The molecule has 0 radical (unpaired) electrons. The molecule has 17 heavy (non-hydrogen) atoms. The van der Waals surface area contributed by atoms with Crippen molar-refractivity contribution >= 4 is 11.5 Å². The zero-order valence-electron chi connectivity index (χ0n) is 10.8. The molecule has 4 heteroatoms. The Bertz CT molecular complexity index is 394. The number of hydrogen-bond donors (Lipinski definition) is 1. The summed E-state index contributed by atoms with van der Waals surface area (Å²) in [5, 5.41) is 0. The highest BCUT2D eigenvalue weighted by Crippen LogP contribution is 2.31. The number of pyridine rings is 1. The molecule has 0 aromatic carbocycles. The summed E-state index contributed by atoms with van der Waals surface area (Å²) >= 11 is 0. The van der Waals surface area contributed by atoms with Gasteiger partial charge in [-0.2, -0.15) is 4.98 Å². The van der Waals surface area contributed by atoms with Gasteiger partial charge in [-0.25, -0.2) is 0 Å². The lowest BCUT2D eigenvalue weighted by Gasteiger charge is -2.39. The first kappa shape index (κ1) is 12.0. The van der Waals surface area contributed by atoms with E-state index in [-0.39, 0.29) is 0 Å². The van der Waals surface area contributed by atoms with Gasteiger partial charge in [-0.1, -0.05) is 6.92 Å². The number of anilines is 2. The van der Waals surface area contributed by atoms with Gasteiger partial charge < -0.3 is 15.4 Å². The summed E-state index contributed by atoms with van der Waals surface area (Å²) in [5.74, 6) is 2.17. The average Bonchev–Trinajstić information content (AvgIpc) is 2.34. The Kier molecular flexibility index (Phi) is 3.41. The molecule has 2 rings (SSSR count). The van der Waals surface area contributed by atoms with E-state index in [1.165, 1.54) is 12.8 Å². The molecule has 0 saturated carbocycles. The maximum atomic E-state index is 6.02. The van der Waals surface area contributed by atoms with Crippen LogP contribution >= 0.6 is 0 Å².